The molecule has 1 aliphatic rings. The van der Waals surface area contributed by atoms with Gasteiger partial charge in [-0.3, -0.25) is 0 Å². The van der Waals surface area contributed by atoms with E-state index in [0.717, 1.165) is 24.3 Å². The summed E-state index contributed by atoms with van der Waals surface area (Å²) in [5.74, 6) is 4.31. The minimum absolute atomic E-state index is 0.820. The lowest BCUT2D eigenvalue weighted by molar-refractivity contribution is 0.357. The third-order valence-corrected chi connectivity index (χ3v) is 3.15. The lowest BCUT2D eigenvalue weighted by Gasteiger charge is -2.03. The van der Waals surface area contributed by atoms with Crippen LogP contribution in [0.5, 0.6) is 5.75 Å². The highest BCUT2D eigenvalue weighted by Crippen LogP contribution is 2.25. The van der Waals surface area contributed by atoms with Gasteiger partial charge in [-0.25, -0.2) is 0 Å². The fraction of sp³-hybridized carbons (Fsp3) is 0.385. The summed E-state index contributed by atoms with van der Waals surface area (Å²) in [5, 5.41) is 0. The molecular formula is C13H16OSi. The Labute approximate surface area is 92.5 Å². The van der Waals surface area contributed by atoms with Crippen LogP contribution in [-0.4, -0.2) is 14.7 Å². The maximum Gasteiger partial charge on any atom is 0.129 e. The number of hydrogen-bond acceptors (Lipinski definition) is 1. The van der Waals surface area contributed by atoms with Crippen LogP contribution in [0, 0.1) is 11.5 Å². The SMILES string of the molecule is C[Si](C)(C)C#Cc1ccc2c(c1)CCO2. The van der Waals surface area contributed by atoms with Crippen molar-refractivity contribution < 1.29 is 4.74 Å². The zero-order chi connectivity index (χ0) is 10.9. The molecular weight excluding hydrogens is 200 g/mol. The van der Waals surface area contributed by atoms with Gasteiger partial charge in [-0.05, 0) is 23.8 Å². The maximum atomic E-state index is 5.46. The first-order valence-electron chi connectivity index (χ1n) is 5.33. The van der Waals surface area contributed by atoms with E-state index >= 15 is 0 Å². The first kappa shape index (κ1) is 10.3. The van der Waals surface area contributed by atoms with Crippen LogP contribution in [0.3, 0.4) is 0 Å². The van der Waals surface area contributed by atoms with Crippen molar-refractivity contribution in [1.82, 2.24) is 0 Å². The molecule has 0 aliphatic carbocycles. The van der Waals surface area contributed by atoms with Crippen molar-refractivity contribution in [2.24, 2.45) is 0 Å². The molecule has 15 heavy (non-hydrogen) atoms. The van der Waals surface area contributed by atoms with Crippen molar-refractivity contribution in [2.45, 2.75) is 26.1 Å². The number of ether oxygens (including phenoxy) is 1. The molecule has 0 amide bonds. The van der Waals surface area contributed by atoms with Gasteiger partial charge in [-0.15, -0.1) is 5.54 Å². The highest BCUT2D eigenvalue weighted by atomic mass is 28.3. The first-order valence-corrected chi connectivity index (χ1v) is 8.83. The Morgan fingerprint density at radius 1 is 1.27 bits per heavy atom. The predicted octanol–water partition coefficient (Wildman–Crippen LogP) is 2.85. The molecule has 0 saturated carbocycles. The predicted molar refractivity (Wildman–Crippen MR) is 65.9 cm³/mol. The quantitative estimate of drug-likeness (QED) is 0.478. The van der Waals surface area contributed by atoms with Crippen molar-refractivity contribution in [3.05, 3.63) is 29.3 Å². The van der Waals surface area contributed by atoms with Crippen LogP contribution in [-0.2, 0) is 6.42 Å². The standard InChI is InChI=1S/C13H16OSi/c1-15(2,3)9-7-11-4-5-13-12(10-11)6-8-14-13/h4-5,10H,6,8H2,1-3H3. The Morgan fingerprint density at radius 2 is 2.07 bits per heavy atom. The van der Waals surface area contributed by atoms with Crippen LogP contribution >= 0.6 is 0 Å². The second-order valence-corrected chi connectivity index (χ2v) is 9.67. The topological polar surface area (TPSA) is 9.23 Å². The van der Waals surface area contributed by atoms with E-state index in [1.807, 2.05) is 6.07 Å². The molecule has 2 heteroatoms. The molecule has 0 saturated heterocycles. The molecule has 0 N–H and O–H groups in total. The van der Waals surface area contributed by atoms with E-state index in [4.69, 9.17) is 4.74 Å². The Kier molecular flexibility index (Phi) is 2.58. The molecule has 0 bridgehead atoms. The third kappa shape index (κ3) is 2.63. The summed E-state index contributed by atoms with van der Waals surface area (Å²) in [6, 6.07) is 6.25. The van der Waals surface area contributed by atoms with Crippen LogP contribution in [0.15, 0.2) is 18.2 Å². The summed E-state index contributed by atoms with van der Waals surface area (Å²) in [6.07, 6.45) is 1.03. The second-order valence-electron chi connectivity index (χ2n) is 4.92. The van der Waals surface area contributed by atoms with Crippen LogP contribution in [0.1, 0.15) is 11.1 Å². The molecule has 0 spiro atoms. The smallest absolute Gasteiger partial charge is 0.129 e. The summed E-state index contributed by atoms with van der Waals surface area (Å²) in [7, 11) is -1.26. The van der Waals surface area contributed by atoms with Gasteiger partial charge in [0.1, 0.15) is 13.8 Å². The average Bonchev–Trinajstić information content (AvgIpc) is 2.60. The van der Waals surface area contributed by atoms with E-state index in [-0.39, 0.29) is 0 Å². The molecule has 1 aliphatic heterocycles. The van der Waals surface area contributed by atoms with Gasteiger partial charge >= 0.3 is 0 Å². The van der Waals surface area contributed by atoms with Crippen molar-refractivity contribution in [2.75, 3.05) is 6.61 Å². The molecule has 0 atom stereocenters. The molecule has 0 fully saturated rings. The van der Waals surface area contributed by atoms with Crippen LogP contribution in [0.4, 0.5) is 0 Å². The van der Waals surface area contributed by atoms with Crippen molar-refractivity contribution in [3.8, 4) is 17.2 Å². The Morgan fingerprint density at radius 3 is 2.80 bits per heavy atom. The largest absolute Gasteiger partial charge is 0.493 e. The van der Waals surface area contributed by atoms with Crippen LogP contribution < -0.4 is 4.74 Å². The summed E-state index contributed by atoms with van der Waals surface area (Å²) in [4.78, 5) is 0. The fourth-order valence-electron chi connectivity index (χ4n) is 1.52. The van der Waals surface area contributed by atoms with E-state index in [0.29, 0.717) is 0 Å². The summed E-state index contributed by atoms with van der Waals surface area (Å²) in [5.41, 5.74) is 5.81. The molecule has 0 unspecified atom stereocenters. The summed E-state index contributed by atoms with van der Waals surface area (Å²) >= 11 is 0. The van der Waals surface area contributed by atoms with E-state index in [1.165, 1.54) is 5.56 Å². The van der Waals surface area contributed by atoms with Gasteiger partial charge in [0.05, 0.1) is 6.61 Å². The van der Waals surface area contributed by atoms with Gasteiger partial charge < -0.3 is 4.74 Å². The highest BCUT2D eigenvalue weighted by molar-refractivity contribution is 6.83. The van der Waals surface area contributed by atoms with Crippen LogP contribution in [0.25, 0.3) is 0 Å². The van der Waals surface area contributed by atoms with Crippen molar-refractivity contribution >= 4 is 8.07 Å². The maximum absolute atomic E-state index is 5.46. The first-order chi connectivity index (χ1) is 7.04. The van der Waals surface area contributed by atoms with E-state index in [2.05, 4.69) is 43.2 Å². The molecule has 0 aromatic heterocycles. The third-order valence-electron chi connectivity index (χ3n) is 2.27. The summed E-state index contributed by atoms with van der Waals surface area (Å²) < 4.78 is 5.46. The second kappa shape index (κ2) is 3.75. The molecule has 0 radical (unpaired) electrons. The highest BCUT2D eigenvalue weighted by Gasteiger charge is 2.11. The normalized spacial score (nSPS) is 13.8. The van der Waals surface area contributed by atoms with Crippen molar-refractivity contribution in [1.29, 1.82) is 0 Å². The van der Waals surface area contributed by atoms with Gasteiger partial charge in [-0.1, -0.05) is 25.6 Å². The minimum atomic E-state index is -1.26. The van der Waals surface area contributed by atoms with Crippen LogP contribution in [0.2, 0.25) is 19.6 Å². The lowest BCUT2D eigenvalue weighted by Crippen LogP contribution is -2.16. The number of rotatable bonds is 0. The van der Waals surface area contributed by atoms with Crippen molar-refractivity contribution in [3.63, 3.8) is 0 Å². The van der Waals surface area contributed by atoms with Gasteiger partial charge in [0.15, 0.2) is 0 Å². The molecule has 2 rings (SSSR count). The van der Waals surface area contributed by atoms with Gasteiger partial charge in [0.25, 0.3) is 0 Å². The number of benzene rings is 1. The molecule has 1 nitrogen and oxygen atoms in total. The molecule has 78 valence electrons. The Bertz CT molecular complexity index is 432. The molecule has 1 aromatic rings. The Balaban J connectivity index is 2.27. The summed E-state index contributed by atoms with van der Waals surface area (Å²) in [6.45, 7) is 7.60. The number of fused-ring (bicyclic) bond motifs is 1. The fourth-order valence-corrected chi connectivity index (χ4v) is 2.04. The van der Waals surface area contributed by atoms with E-state index in [9.17, 15) is 0 Å². The van der Waals surface area contributed by atoms with E-state index < -0.39 is 8.07 Å². The van der Waals surface area contributed by atoms with Gasteiger partial charge in [0.2, 0.25) is 0 Å². The van der Waals surface area contributed by atoms with Gasteiger partial charge in [-0.2, -0.15) is 0 Å². The van der Waals surface area contributed by atoms with Gasteiger partial charge in [0, 0.05) is 12.0 Å². The molecule has 1 heterocycles. The minimum Gasteiger partial charge on any atom is -0.493 e. The average molecular weight is 216 g/mol. The number of hydrogen-bond donors (Lipinski definition) is 0. The lowest BCUT2D eigenvalue weighted by atomic mass is 10.1. The zero-order valence-corrected chi connectivity index (χ0v) is 10.6. The zero-order valence-electron chi connectivity index (χ0n) is 9.55. The monoisotopic (exact) mass is 216 g/mol. The molecule has 1 aromatic carbocycles. The Hall–Kier alpha value is -1.20. The van der Waals surface area contributed by atoms with E-state index in [1.54, 1.807) is 0 Å².